The van der Waals surface area contributed by atoms with Crippen LogP contribution in [0.4, 0.5) is 0 Å². The number of carbonyl (C=O) groups is 1. The summed E-state index contributed by atoms with van der Waals surface area (Å²) in [6.07, 6.45) is 4.04. The molecule has 0 aliphatic heterocycles. The third-order valence-corrected chi connectivity index (χ3v) is 5.02. The highest BCUT2D eigenvalue weighted by molar-refractivity contribution is 7.91. The normalized spacial score (nSPS) is 15.6. The minimum atomic E-state index is -3.49. The Bertz CT molecular complexity index is 638. The molecule has 1 N–H and O–H groups in total. The van der Waals surface area contributed by atoms with Crippen molar-refractivity contribution in [3.8, 4) is 6.07 Å². The van der Waals surface area contributed by atoms with Gasteiger partial charge < -0.3 is 5.32 Å². The largest absolute Gasteiger partial charge is 0.352 e. The van der Waals surface area contributed by atoms with Crippen molar-refractivity contribution in [2.75, 3.05) is 5.75 Å². The Hall–Kier alpha value is -1.87. The highest BCUT2D eigenvalue weighted by Crippen LogP contribution is 2.17. The van der Waals surface area contributed by atoms with Gasteiger partial charge in [-0.1, -0.05) is 25.0 Å². The molecule has 1 aromatic rings. The van der Waals surface area contributed by atoms with Crippen LogP contribution in [0.15, 0.2) is 24.3 Å². The van der Waals surface area contributed by atoms with Crippen molar-refractivity contribution in [2.45, 2.75) is 37.5 Å². The van der Waals surface area contributed by atoms with E-state index >= 15 is 0 Å². The number of hydrogen-bond donors (Lipinski definition) is 1. The van der Waals surface area contributed by atoms with Crippen LogP contribution in [0.25, 0.3) is 0 Å². The second-order valence-electron chi connectivity index (χ2n) is 5.39. The van der Waals surface area contributed by atoms with Crippen molar-refractivity contribution in [1.29, 1.82) is 5.26 Å². The minimum Gasteiger partial charge on any atom is -0.352 e. The van der Waals surface area contributed by atoms with E-state index in [1.54, 1.807) is 24.3 Å². The molecule has 6 heteroatoms. The monoisotopic (exact) mass is 306 g/mol. The van der Waals surface area contributed by atoms with E-state index in [0.29, 0.717) is 11.1 Å². The Morgan fingerprint density at radius 2 is 1.86 bits per heavy atom. The first-order chi connectivity index (χ1) is 9.98. The Morgan fingerprint density at radius 3 is 2.43 bits per heavy atom. The maximum absolute atomic E-state index is 12.0. The third-order valence-electron chi connectivity index (χ3n) is 3.54. The number of rotatable bonds is 5. The Morgan fingerprint density at radius 1 is 1.24 bits per heavy atom. The molecule has 0 unspecified atom stereocenters. The van der Waals surface area contributed by atoms with Crippen LogP contribution in [0.2, 0.25) is 0 Å². The number of amides is 1. The summed E-state index contributed by atoms with van der Waals surface area (Å²) >= 11 is 0. The van der Waals surface area contributed by atoms with E-state index in [4.69, 9.17) is 5.26 Å². The van der Waals surface area contributed by atoms with Crippen LogP contribution < -0.4 is 5.32 Å². The maximum Gasteiger partial charge on any atom is 0.235 e. The predicted molar refractivity (Wildman–Crippen MR) is 79.0 cm³/mol. The van der Waals surface area contributed by atoms with Crippen LogP contribution in [0.5, 0.6) is 0 Å². The van der Waals surface area contributed by atoms with Crippen LogP contribution in [-0.4, -0.2) is 26.1 Å². The van der Waals surface area contributed by atoms with E-state index < -0.39 is 21.5 Å². The summed E-state index contributed by atoms with van der Waals surface area (Å²) in [4.78, 5) is 11.8. The van der Waals surface area contributed by atoms with E-state index in [1.165, 1.54) is 0 Å². The second-order valence-corrected chi connectivity index (χ2v) is 7.45. The van der Waals surface area contributed by atoms with Crippen molar-refractivity contribution in [3.05, 3.63) is 35.4 Å². The van der Waals surface area contributed by atoms with Gasteiger partial charge in [0.15, 0.2) is 9.84 Å². The van der Waals surface area contributed by atoms with Gasteiger partial charge in [0, 0.05) is 6.04 Å². The third kappa shape index (κ3) is 4.87. The zero-order valence-corrected chi connectivity index (χ0v) is 12.5. The summed E-state index contributed by atoms with van der Waals surface area (Å²) in [6.45, 7) is 0. The van der Waals surface area contributed by atoms with Crippen molar-refractivity contribution in [1.82, 2.24) is 5.32 Å². The van der Waals surface area contributed by atoms with Gasteiger partial charge in [0.1, 0.15) is 5.75 Å². The van der Waals surface area contributed by atoms with Gasteiger partial charge in [-0.15, -0.1) is 0 Å². The number of carbonyl (C=O) groups excluding carboxylic acids is 1. The predicted octanol–water partition coefficient (Wildman–Crippen LogP) is 1.53. The maximum atomic E-state index is 12.0. The molecule has 0 radical (unpaired) electrons. The van der Waals surface area contributed by atoms with E-state index in [2.05, 4.69) is 5.32 Å². The first kappa shape index (κ1) is 15.5. The van der Waals surface area contributed by atoms with Gasteiger partial charge in [0.25, 0.3) is 0 Å². The van der Waals surface area contributed by atoms with Gasteiger partial charge in [0.2, 0.25) is 5.91 Å². The molecule has 0 saturated heterocycles. The molecule has 112 valence electrons. The molecule has 0 heterocycles. The van der Waals surface area contributed by atoms with Crippen molar-refractivity contribution in [3.63, 3.8) is 0 Å². The first-order valence-corrected chi connectivity index (χ1v) is 8.79. The number of nitriles is 1. The van der Waals surface area contributed by atoms with Crippen LogP contribution in [0.3, 0.4) is 0 Å². The molecule has 0 aromatic heterocycles. The van der Waals surface area contributed by atoms with Gasteiger partial charge in [0.05, 0.1) is 17.4 Å². The molecule has 1 aliphatic rings. The minimum absolute atomic E-state index is 0.127. The van der Waals surface area contributed by atoms with Gasteiger partial charge in [-0.3, -0.25) is 4.79 Å². The molecule has 21 heavy (non-hydrogen) atoms. The molecule has 1 fully saturated rings. The van der Waals surface area contributed by atoms with Gasteiger partial charge in [-0.25, -0.2) is 8.42 Å². The number of nitrogens with zero attached hydrogens (tertiary/aromatic N) is 1. The SMILES string of the molecule is N#Cc1ccc(CS(=O)(=O)CC(=O)NC2CCCC2)cc1. The molecule has 1 amide bonds. The average Bonchev–Trinajstić information content (AvgIpc) is 2.91. The Kier molecular flexibility index (Phi) is 4.97. The zero-order valence-electron chi connectivity index (χ0n) is 11.7. The molecule has 2 rings (SSSR count). The van der Waals surface area contributed by atoms with Crippen LogP contribution >= 0.6 is 0 Å². The summed E-state index contributed by atoms with van der Waals surface area (Å²) in [7, 11) is -3.49. The van der Waals surface area contributed by atoms with Crippen molar-refractivity contribution < 1.29 is 13.2 Å². The highest BCUT2D eigenvalue weighted by atomic mass is 32.2. The molecular formula is C15H18N2O3S. The first-order valence-electron chi connectivity index (χ1n) is 6.97. The average molecular weight is 306 g/mol. The molecule has 1 aliphatic carbocycles. The summed E-state index contributed by atoms with van der Waals surface area (Å²) in [5.74, 6) is -1.09. The van der Waals surface area contributed by atoms with Gasteiger partial charge in [-0.2, -0.15) is 5.26 Å². The summed E-state index contributed by atoms with van der Waals surface area (Å²) in [6, 6.07) is 8.45. The van der Waals surface area contributed by atoms with Gasteiger partial charge in [-0.05, 0) is 30.5 Å². The Labute approximate surface area is 124 Å². The summed E-state index contributed by atoms with van der Waals surface area (Å²) in [5.41, 5.74) is 1.07. The van der Waals surface area contributed by atoms with E-state index in [9.17, 15) is 13.2 Å². The molecule has 1 saturated carbocycles. The molecular weight excluding hydrogens is 288 g/mol. The number of benzene rings is 1. The molecule has 5 nitrogen and oxygen atoms in total. The van der Waals surface area contributed by atoms with E-state index in [-0.39, 0.29) is 11.8 Å². The number of nitrogens with one attached hydrogen (secondary N) is 1. The smallest absolute Gasteiger partial charge is 0.235 e. The molecule has 0 atom stereocenters. The zero-order chi connectivity index (χ0) is 15.3. The Balaban J connectivity index is 1.91. The van der Waals surface area contributed by atoms with Crippen molar-refractivity contribution in [2.24, 2.45) is 0 Å². The van der Waals surface area contributed by atoms with E-state index in [0.717, 1.165) is 25.7 Å². The number of sulfone groups is 1. The lowest BCUT2D eigenvalue weighted by molar-refractivity contribution is -0.119. The fourth-order valence-corrected chi connectivity index (χ4v) is 3.80. The lowest BCUT2D eigenvalue weighted by atomic mass is 10.2. The quantitative estimate of drug-likeness (QED) is 0.893. The fraction of sp³-hybridized carbons (Fsp3) is 0.467. The standard InChI is InChI=1S/C15H18N2O3S/c16-9-12-5-7-13(8-6-12)10-21(19,20)11-15(18)17-14-3-1-2-4-14/h5-8,14H,1-4,10-11H2,(H,17,18). The molecule has 0 spiro atoms. The number of hydrogen-bond acceptors (Lipinski definition) is 4. The molecule has 1 aromatic carbocycles. The van der Waals surface area contributed by atoms with Crippen LogP contribution in [0, 0.1) is 11.3 Å². The molecule has 0 bridgehead atoms. The summed E-state index contributed by atoms with van der Waals surface area (Å²) < 4.78 is 24.0. The van der Waals surface area contributed by atoms with Crippen LogP contribution in [-0.2, 0) is 20.4 Å². The van der Waals surface area contributed by atoms with Crippen molar-refractivity contribution >= 4 is 15.7 Å². The lowest BCUT2D eigenvalue weighted by Gasteiger charge is -2.12. The summed E-state index contributed by atoms with van der Waals surface area (Å²) in [5, 5.41) is 11.5. The highest BCUT2D eigenvalue weighted by Gasteiger charge is 2.21. The lowest BCUT2D eigenvalue weighted by Crippen LogP contribution is -2.37. The van der Waals surface area contributed by atoms with Gasteiger partial charge >= 0.3 is 0 Å². The topological polar surface area (TPSA) is 87.0 Å². The second kappa shape index (κ2) is 6.72. The van der Waals surface area contributed by atoms with E-state index in [1.807, 2.05) is 6.07 Å². The fourth-order valence-electron chi connectivity index (χ4n) is 2.52. The van der Waals surface area contributed by atoms with Crippen LogP contribution in [0.1, 0.15) is 36.8 Å².